The van der Waals surface area contributed by atoms with Crippen LogP contribution in [0.2, 0.25) is 0 Å². The fourth-order valence-corrected chi connectivity index (χ4v) is 3.40. The number of ether oxygens (including phenoxy) is 2. The van der Waals surface area contributed by atoms with Crippen LogP contribution in [0.25, 0.3) is 0 Å². The van der Waals surface area contributed by atoms with Crippen molar-refractivity contribution >= 4 is 17.5 Å². The molecule has 1 saturated carbocycles. The average Bonchev–Trinajstić information content (AvgIpc) is 3.36. The number of rotatable bonds is 8. The lowest BCUT2D eigenvalue weighted by Gasteiger charge is -2.28. The first-order valence-corrected chi connectivity index (χ1v) is 9.49. The number of hydrogen-bond donors (Lipinski definition) is 1. The fourth-order valence-electron chi connectivity index (χ4n) is 3.40. The molecule has 6 heteroatoms. The van der Waals surface area contributed by atoms with Gasteiger partial charge in [0, 0.05) is 25.4 Å². The van der Waals surface area contributed by atoms with Crippen molar-refractivity contribution in [1.29, 1.82) is 0 Å². The summed E-state index contributed by atoms with van der Waals surface area (Å²) in [7, 11) is 0. The third kappa shape index (κ3) is 4.36. The largest absolute Gasteiger partial charge is 0.484 e. The summed E-state index contributed by atoms with van der Waals surface area (Å²) in [6, 6.07) is 7.10. The molecule has 1 atom stereocenters. The van der Waals surface area contributed by atoms with Crippen LogP contribution < -0.4 is 10.1 Å². The Morgan fingerprint density at radius 1 is 1.19 bits per heavy atom. The van der Waals surface area contributed by atoms with Crippen LogP contribution in [0, 0.1) is 5.92 Å². The fraction of sp³-hybridized carbons (Fsp3) is 0.600. The molecular weight excluding hydrogens is 332 g/mol. The SMILES string of the molecule is CCOC(C)(C(=O)Nc1ccc(OCC(=O)N2CCCC2)cc1)C1CC1. The third-order valence-corrected chi connectivity index (χ3v) is 5.18. The molecule has 1 unspecified atom stereocenters. The van der Waals surface area contributed by atoms with Crippen LogP contribution in [0.5, 0.6) is 5.75 Å². The number of hydrogen-bond acceptors (Lipinski definition) is 4. The second kappa shape index (κ2) is 8.08. The van der Waals surface area contributed by atoms with Gasteiger partial charge in [0.05, 0.1) is 0 Å². The third-order valence-electron chi connectivity index (χ3n) is 5.18. The van der Waals surface area contributed by atoms with Gasteiger partial charge in [-0.1, -0.05) is 0 Å². The number of carbonyl (C=O) groups excluding carboxylic acids is 2. The Morgan fingerprint density at radius 3 is 2.42 bits per heavy atom. The Labute approximate surface area is 154 Å². The molecule has 2 fully saturated rings. The molecule has 2 aliphatic rings. The molecule has 1 N–H and O–H groups in total. The highest BCUT2D eigenvalue weighted by Gasteiger charge is 2.48. The lowest BCUT2D eigenvalue weighted by molar-refractivity contribution is -0.141. The molecule has 1 aromatic rings. The first kappa shape index (κ1) is 18.7. The van der Waals surface area contributed by atoms with E-state index in [2.05, 4.69) is 5.32 Å². The highest BCUT2D eigenvalue weighted by atomic mass is 16.5. The van der Waals surface area contributed by atoms with Gasteiger partial charge in [-0.05, 0) is 69.7 Å². The summed E-state index contributed by atoms with van der Waals surface area (Å²) in [6.45, 7) is 5.99. The molecule has 1 aromatic carbocycles. The summed E-state index contributed by atoms with van der Waals surface area (Å²) < 4.78 is 11.3. The van der Waals surface area contributed by atoms with Crippen LogP contribution in [-0.2, 0) is 14.3 Å². The van der Waals surface area contributed by atoms with E-state index in [0.29, 0.717) is 24.0 Å². The highest BCUT2D eigenvalue weighted by molar-refractivity contribution is 5.97. The average molecular weight is 360 g/mol. The second-order valence-electron chi connectivity index (χ2n) is 7.17. The van der Waals surface area contributed by atoms with E-state index in [1.165, 1.54) is 0 Å². The van der Waals surface area contributed by atoms with E-state index >= 15 is 0 Å². The van der Waals surface area contributed by atoms with E-state index < -0.39 is 5.60 Å². The molecule has 0 radical (unpaired) electrons. The lowest BCUT2D eigenvalue weighted by atomic mass is 9.99. The van der Waals surface area contributed by atoms with Crippen molar-refractivity contribution in [3.05, 3.63) is 24.3 Å². The van der Waals surface area contributed by atoms with Crippen LogP contribution in [0.4, 0.5) is 5.69 Å². The molecule has 2 amide bonds. The second-order valence-corrected chi connectivity index (χ2v) is 7.17. The van der Waals surface area contributed by atoms with Gasteiger partial charge in [0.15, 0.2) is 6.61 Å². The van der Waals surface area contributed by atoms with Crippen LogP contribution >= 0.6 is 0 Å². The van der Waals surface area contributed by atoms with Gasteiger partial charge < -0.3 is 19.7 Å². The zero-order chi connectivity index (χ0) is 18.6. The van der Waals surface area contributed by atoms with Crippen molar-refractivity contribution in [1.82, 2.24) is 4.90 Å². The van der Waals surface area contributed by atoms with E-state index in [9.17, 15) is 9.59 Å². The van der Waals surface area contributed by atoms with Gasteiger partial charge in [-0.25, -0.2) is 0 Å². The number of carbonyl (C=O) groups is 2. The molecule has 26 heavy (non-hydrogen) atoms. The minimum absolute atomic E-state index is 0.0248. The number of nitrogens with zero attached hydrogens (tertiary/aromatic N) is 1. The van der Waals surface area contributed by atoms with Gasteiger partial charge in [0.2, 0.25) is 0 Å². The Bertz CT molecular complexity index is 636. The Kier molecular flexibility index (Phi) is 5.81. The van der Waals surface area contributed by atoms with Crippen LogP contribution in [0.1, 0.15) is 39.5 Å². The molecule has 1 aliphatic heterocycles. The molecule has 6 nitrogen and oxygen atoms in total. The smallest absolute Gasteiger partial charge is 0.260 e. The summed E-state index contributed by atoms with van der Waals surface area (Å²) in [5.41, 5.74) is -0.0775. The minimum Gasteiger partial charge on any atom is -0.484 e. The molecule has 1 heterocycles. The highest BCUT2D eigenvalue weighted by Crippen LogP contribution is 2.42. The summed E-state index contributed by atoms with van der Waals surface area (Å²) in [5.74, 6) is 0.823. The monoisotopic (exact) mass is 360 g/mol. The van der Waals surface area contributed by atoms with E-state index in [1.54, 1.807) is 24.3 Å². The molecule has 0 spiro atoms. The van der Waals surface area contributed by atoms with Gasteiger partial charge in [0.25, 0.3) is 11.8 Å². The van der Waals surface area contributed by atoms with Crippen molar-refractivity contribution in [2.24, 2.45) is 5.92 Å². The summed E-state index contributed by atoms with van der Waals surface area (Å²) in [4.78, 5) is 26.5. The normalized spacial score (nSPS) is 19.1. The van der Waals surface area contributed by atoms with Crippen molar-refractivity contribution in [3.8, 4) is 5.75 Å². The molecule has 0 aromatic heterocycles. The van der Waals surface area contributed by atoms with Gasteiger partial charge in [0.1, 0.15) is 11.4 Å². The van der Waals surface area contributed by atoms with Crippen molar-refractivity contribution in [3.63, 3.8) is 0 Å². The Balaban J connectivity index is 1.52. The topological polar surface area (TPSA) is 67.9 Å². The predicted molar refractivity (Wildman–Crippen MR) is 99.1 cm³/mol. The summed E-state index contributed by atoms with van der Waals surface area (Å²) >= 11 is 0. The van der Waals surface area contributed by atoms with Gasteiger partial charge in [-0.15, -0.1) is 0 Å². The van der Waals surface area contributed by atoms with E-state index in [4.69, 9.17) is 9.47 Å². The van der Waals surface area contributed by atoms with E-state index in [-0.39, 0.29) is 18.4 Å². The van der Waals surface area contributed by atoms with E-state index in [0.717, 1.165) is 38.8 Å². The standard InChI is InChI=1S/C20H28N2O4/c1-3-26-20(2,15-6-7-15)19(24)21-16-8-10-17(11-9-16)25-14-18(23)22-12-4-5-13-22/h8-11,15H,3-7,12-14H2,1-2H3,(H,21,24). The molecule has 142 valence electrons. The number of benzene rings is 1. The van der Waals surface area contributed by atoms with Crippen molar-refractivity contribution < 1.29 is 19.1 Å². The Hall–Kier alpha value is -2.08. The van der Waals surface area contributed by atoms with Gasteiger partial charge in [-0.3, -0.25) is 9.59 Å². The van der Waals surface area contributed by atoms with Crippen LogP contribution in [0.3, 0.4) is 0 Å². The lowest BCUT2D eigenvalue weighted by Crippen LogP contribution is -2.44. The summed E-state index contributed by atoms with van der Waals surface area (Å²) in [5, 5.41) is 2.93. The quantitative estimate of drug-likeness (QED) is 0.774. The van der Waals surface area contributed by atoms with Gasteiger partial charge in [-0.2, -0.15) is 0 Å². The number of nitrogens with one attached hydrogen (secondary N) is 1. The van der Waals surface area contributed by atoms with Crippen molar-refractivity contribution in [2.75, 3.05) is 31.6 Å². The molecule has 0 bridgehead atoms. The first-order chi connectivity index (χ1) is 12.5. The maximum Gasteiger partial charge on any atom is 0.260 e. The van der Waals surface area contributed by atoms with E-state index in [1.807, 2.05) is 18.7 Å². The van der Waals surface area contributed by atoms with Crippen LogP contribution in [0.15, 0.2) is 24.3 Å². The zero-order valence-electron chi connectivity index (χ0n) is 15.6. The number of amides is 2. The number of anilines is 1. The molecule has 1 aliphatic carbocycles. The maximum atomic E-state index is 12.6. The minimum atomic E-state index is -0.772. The van der Waals surface area contributed by atoms with Crippen molar-refractivity contribution in [2.45, 2.75) is 45.1 Å². The number of likely N-dealkylation sites (tertiary alicyclic amines) is 1. The summed E-state index contributed by atoms with van der Waals surface area (Å²) in [6.07, 6.45) is 4.20. The van der Waals surface area contributed by atoms with Gasteiger partial charge >= 0.3 is 0 Å². The zero-order valence-corrected chi connectivity index (χ0v) is 15.6. The molecule has 1 saturated heterocycles. The molecule has 3 rings (SSSR count). The van der Waals surface area contributed by atoms with Crippen LogP contribution in [-0.4, -0.2) is 48.6 Å². The Morgan fingerprint density at radius 2 is 1.85 bits per heavy atom. The maximum absolute atomic E-state index is 12.6. The first-order valence-electron chi connectivity index (χ1n) is 9.49. The molecular formula is C20H28N2O4. The predicted octanol–water partition coefficient (Wildman–Crippen LogP) is 2.83.